The van der Waals surface area contributed by atoms with E-state index in [1.165, 1.54) is 0 Å². The first kappa shape index (κ1) is 14.2. The van der Waals surface area contributed by atoms with Gasteiger partial charge in [0, 0.05) is 5.56 Å². The van der Waals surface area contributed by atoms with Crippen molar-refractivity contribution in [3.63, 3.8) is 0 Å². The molecule has 2 rings (SSSR count). The lowest BCUT2D eigenvalue weighted by Gasteiger charge is -2.12. The summed E-state index contributed by atoms with van der Waals surface area (Å²) in [5.41, 5.74) is 8.62. The molecule has 0 fully saturated rings. The average molecular weight is 271 g/mol. The van der Waals surface area contributed by atoms with Crippen molar-refractivity contribution in [3.8, 4) is 16.9 Å². The number of carbonyl (C=O) groups is 1. The highest BCUT2D eigenvalue weighted by atomic mass is 16.3. The molecule has 104 valence electrons. The lowest BCUT2D eigenvalue weighted by atomic mass is 9.96. The summed E-state index contributed by atoms with van der Waals surface area (Å²) in [6, 6.07) is 11.9. The Balaban J connectivity index is 2.45. The first-order valence-electron chi connectivity index (χ1n) is 6.37. The fourth-order valence-electron chi connectivity index (χ4n) is 2.17. The van der Waals surface area contributed by atoms with Crippen LogP contribution in [0.1, 0.15) is 11.1 Å². The van der Waals surface area contributed by atoms with E-state index in [1.807, 2.05) is 18.2 Å². The Morgan fingerprint density at radius 1 is 1.15 bits per heavy atom. The summed E-state index contributed by atoms with van der Waals surface area (Å²) in [6.45, 7) is -0.103. The van der Waals surface area contributed by atoms with Crippen molar-refractivity contribution in [2.24, 2.45) is 5.73 Å². The minimum Gasteiger partial charge on any atom is -0.507 e. The van der Waals surface area contributed by atoms with Gasteiger partial charge < -0.3 is 20.7 Å². The Kier molecular flexibility index (Phi) is 4.50. The number of nitrogens with two attached hydrogens (primary N) is 1. The van der Waals surface area contributed by atoms with Crippen LogP contribution >= 0.6 is 0 Å². The molecule has 0 aliphatic rings. The number of hydrogen-bond acceptors (Lipinski definition) is 4. The van der Waals surface area contributed by atoms with Crippen molar-refractivity contribution in [2.45, 2.75) is 19.1 Å². The third-order valence-corrected chi connectivity index (χ3v) is 3.19. The molecule has 0 unspecified atom stereocenters. The van der Waals surface area contributed by atoms with E-state index < -0.39 is 6.04 Å². The second kappa shape index (κ2) is 6.32. The number of aldehydes is 1. The van der Waals surface area contributed by atoms with Gasteiger partial charge in [0.25, 0.3) is 0 Å². The zero-order valence-corrected chi connectivity index (χ0v) is 11.0. The van der Waals surface area contributed by atoms with Gasteiger partial charge in [-0.15, -0.1) is 0 Å². The molecule has 0 amide bonds. The largest absolute Gasteiger partial charge is 0.507 e. The molecule has 0 aliphatic carbocycles. The lowest BCUT2D eigenvalue weighted by molar-refractivity contribution is -0.108. The molecule has 2 aromatic rings. The Morgan fingerprint density at radius 3 is 2.60 bits per heavy atom. The maximum atomic E-state index is 10.6. The van der Waals surface area contributed by atoms with Crippen LogP contribution in [-0.2, 0) is 17.8 Å². The number of aromatic hydroxyl groups is 1. The van der Waals surface area contributed by atoms with Crippen molar-refractivity contribution in [3.05, 3.63) is 53.6 Å². The zero-order valence-electron chi connectivity index (χ0n) is 11.0. The van der Waals surface area contributed by atoms with Crippen molar-refractivity contribution in [1.29, 1.82) is 0 Å². The van der Waals surface area contributed by atoms with Gasteiger partial charge in [0.05, 0.1) is 12.6 Å². The fraction of sp³-hybridized carbons (Fsp3) is 0.188. The van der Waals surface area contributed by atoms with Gasteiger partial charge in [-0.3, -0.25) is 0 Å². The SMILES string of the molecule is N[C@H](C=O)Cc1ccc(O)c(-c2ccccc2CO)c1. The molecular formula is C16H17NO3. The molecule has 2 aromatic carbocycles. The van der Waals surface area contributed by atoms with E-state index in [1.54, 1.807) is 24.3 Å². The molecule has 0 aliphatic heterocycles. The highest BCUT2D eigenvalue weighted by Gasteiger charge is 2.11. The third kappa shape index (κ3) is 3.04. The predicted molar refractivity (Wildman–Crippen MR) is 77.2 cm³/mol. The Morgan fingerprint density at radius 2 is 1.90 bits per heavy atom. The Hall–Kier alpha value is -2.17. The molecule has 0 radical (unpaired) electrons. The molecule has 4 heteroatoms. The smallest absolute Gasteiger partial charge is 0.137 e. The van der Waals surface area contributed by atoms with Gasteiger partial charge in [0.1, 0.15) is 12.0 Å². The van der Waals surface area contributed by atoms with Gasteiger partial charge in [0.2, 0.25) is 0 Å². The monoisotopic (exact) mass is 271 g/mol. The number of benzene rings is 2. The first-order chi connectivity index (χ1) is 9.65. The molecule has 0 aromatic heterocycles. The fourth-order valence-corrected chi connectivity index (χ4v) is 2.17. The number of phenolic OH excluding ortho intramolecular Hbond substituents is 1. The number of carbonyl (C=O) groups excluding carboxylic acids is 1. The van der Waals surface area contributed by atoms with Crippen molar-refractivity contribution < 1.29 is 15.0 Å². The maximum Gasteiger partial charge on any atom is 0.137 e. The first-order valence-corrected chi connectivity index (χ1v) is 6.37. The summed E-state index contributed by atoms with van der Waals surface area (Å²) < 4.78 is 0. The van der Waals surface area contributed by atoms with Crippen molar-refractivity contribution in [1.82, 2.24) is 0 Å². The molecule has 1 atom stereocenters. The predicted octanol–water partition coefficient (Wildman–Crippen LogP) is 1.62. The van der Waals surface area contributed by atoms with Gasteiger partial charge in [-0.1, -0.05) is 30.3 Å². The van der Waals surface area contributed by atoms with Crippen LogP contribution in [0.4, 0.5) is 0 Å². The molecule has 4 nitrogen and oxygen atoms in total. The number of hydrogen-bond donors (Lipinski definition) is 3. The number of phenols is 1. The van der Waals surface area contributed by atoms with E-state index >= 15 is 0 Å². The quantitative estimate of drug-likeness (QED) is 0.722. The van der Waals surface area contributed by atoms with Gasteiger partial charge in [-0.2, -0.15) is 0 Å². The topological polar surface area (TPSA) is 83.6 Å². The maximum absolute atomic E-state index is 10.6. The zero-order chi connectivity index (χ0) is 14.5. The highest BCUT2D eigenvalue weighted by molar-refractivity contribution is 5.74. The van der Waals surface area contributed by atoms with Crippen LogP contribution in [0.3, 0.4) is 0 Å². The summed E-state index contributed by atoms with van der Waals surface area (Å²) in [5, 5.41) is 19.4. The van der Waals surface area contributed by atoms with Crippen LogP contribution in [0.2, 0.25) is 0 Å². The van der Waals surface area contributed by atoms with Crippen LogP contribution in [0, 0.1) is 0 Å². The lowest BCUT2D eigenvalue weighted by Crippen LogP contribution is -2.24. The van der Waals surface area contributed by atoms with Crippen LogP contribution in [0.15, 0.2) is 42.5 Å². The number of rotatable bonds is 5. The van der Waals surface area contributed by atoms with Crippen LogP contribution < -0.4 is 5.73 Å². The summed E-state index contributed by atoms with van der Waals surface area (Å²) in [4.78, 5) is 10.6. The van der Waals surface area contributed by atoms with E-state index in [-0.39, 0.29) is 12.4 Å². The van der Waals surface area contributed by atoms with E-state index in [0.717, 1.165) is 16.7 Å². The summed E-state index contributed by atoms with van der Waals surface area (Å²) in [5.74, 6) is 0.134. The standard InChI is InChI=1S/C16H17NO3/c17-13(10-19)7-11-5-6-16(20)15(8-11)14-4-2-1-3-12(14)9-18/h1-6,8,10,13,18,20H,7,9,17H2/t13-/m0/s1. The summed E-state index contributed by atoms with van der Waals surface area (Å²) in [6.07, 6.45) is 1.12. The van der Waals surface area contributed by atoms with E-state index in [4.69, 9.17) is 5.73 Å². The second-order valence-corrected chi connectivity index (χ2v) is 4.67. The van der Waals surface area contributed by atoms with Crippen LogP contribution in [0.25, 0.3) is 11.1 Å². The van der Waals surface area contributed by atoms with Crippen molar-refractivity contribution in [2.75, 3.05) is 0 Å². The molecule has 0 bridgehead atoms. The average Bonchev–Trinajstić information content (AvgIpc) is 2.49. The van der Waals surface area contributed by atoms with E-state index in [2.05, 4.69) is 0 Å². The van der Waals surface area contributed by atoms with Gasteiger partial charge >= 0.3 is 0 Å². The normalized spacial score (nSPS) is 12.1. The third-order valence-electron chi connectivity index (χ3n) is 3.19. The Labute approximate surface area is 117 Å². The molecule has 4 N–H and O–H groups in total. The van der Waals surface area contributed by atoms with Crippen molar-refractivity contribution >= 4 is 6.29 Å². The second-order valence-electron chi connectivity index (χ2n) is 4.67. The Bertz CT molecular complexity index is 610. The summed E-state index contributed by atoms with van der Waals surface area (Å²) >= 11 is 0. The molecule has 0 saturated heterocycles. The number of aliphatic hydroxyl groups excluding tert-OH is 1. The minimum absolute atomic E-state index is 0.103. The van der Waals surface area contributed by atoms with E-state index in [9.17, 15) is 15.0 Å². The highest BCUT2D eigenvalue weighted by Crippen LogP contribution is 2.32. The number of aliphatic hydroxyl groups is 1. The van der Waals surface area contributed by atoms with Crippen LogP contribution in [0.5, 0.6) is 5.75 Å². The van der Waals surface area contributed by atoms with Gasteiger partial charge in [0.15, 0.2) is 0 Å². The van der Waals surface area contributed by atoms with Crippen LogP contribution in [-0.4, -0.2) is 22.5 Å². The molecular weight excluding hydrogens is 254 g/mol. The summed E-state index contributed by atoms with van der Waals surface area (Å²) in [7, 11) is 0. The van der Waals surface area contributed by atoms with E-state index in [0.29, 0.717) is 18.3 Å². The molecule has 0 heterocycles. The molecule has 20 heavy (non-hydrogen) atoms. The van der Waals surface area contributed by atoms with Gasteiger partial charge in [-0.25, -0.2) is 0 Å². The molecule has 0 saturated carbocycles. The van der Waals surface area contributed by atoms with Gasteiger partial charge in [-0.05, 0) is 35.2 Å². The minimum atomic E-state index is -0.555. The molecule has 0 spiro atoms.